The molecule has 2 aromatic carbocycles. The van der Waals surface area contributed by atoms with Crippen molar-refractivity contribution >= 4 is 11.8 Å². The number of likely N-dealkylation sites (tertiary alicyclic amines) is 1. The van der Waals surface area contributed by atoms with Crippen molar-refractivity contribution in [2.45, 2.75) is 26.3 Å². The van der Waals surface area contributed by atoms with Crippen LogP contribution in [0, 0.1) is 17.0 Å². The Kier molecular flexibility index (Phi) is 6.46. The molecule has 154 valence electrons. The Morgan fingerprint density at radius 1 is 1.07 bits per heavy atom. The molecule has 7 heteroatoms. The normalized spacial score (nSPS) is 18.9. The predicted octanol–water partition coefficient (Wildman–Crippen LogP) is 3.29. The number of nitrogens with zero attached hydrogens (tertiary/aromatic N) is 1. The van der Waals surface area contributed by atoms with Crippen LogP contribution in [0.4, 0.5) is 8.78 Å². The molecule has 2 aromatic rings. The number of rotatable bonds is 6. The van der Waals surface area contributed by atoms with Gasteiger partial charge in [-0.2, -0.15) is 0 Å². The van der Waals surface area contributed by atoms with E-state index in [0.29, 0.717) is 38.2 Å². The molecule has 0 saturated carbocycles. The van der Waals surface area contributed by atoms with Crippen LogP contribution in [-0.4, -0.2) is 36.4 Å². The molecule has 1 N–H and O–H groups in total. The Balaban J connectivity index is 1.53. The summed E-state index contributed by atoms with van der Waals surface area (Å²) < 4.78 is 31.4. The van der Waals surface area contributed by atoms with Crippen LogP contribution >= 0.6 is 0 Å². The lowest BCUT2D eigenvalue weighted by Crippen LogP contribution is -2.52. The van der Waals surface area contributed by atoms with Crippen LogP contribution in [0.15, 0.2) is 48.5 Å². The summed E-state index contributed by atoms with van der Waals surface area (Å²) in [4.78, 5) is 26.9. The minimum atomic E-state index is -0.705. The van der Waals surface area contributed by atoms with Crippen LogP contribution < -0.4 is 10.1 Å². The molecule has 1 atom stereocenters. The first kappa shape index (κ1) is 20.8. The third-order valence-corrected chi connectivity index (χ3v) is 5.14. The second kappa shape index (κ2) is 9.03. The molecule has 0 spiro atoms. The zero-order chi connectivity index (χ0) is 20.9. The van der Waals surface area contributed by atoms with E-state index in [2.05, 4.69) is 5.32 Å². The SMILES string of the molecule is CC1(C(=O)NCc2ccc(F)cc2)CCCN(C(=O)COc2ccc(F)cc2)C1. The van der Waals surface area contributed by atoms with Crippen LogP contribution in [0.5, 0.6) is 5.75 Å². The Hall–Kier alpha value is -2.96. The van der Waals surface area contributed by atoms with Gasteiger partial charge in [0.25, 0.3) is 5.91 Å². The van der Waals surface area contributed by atoms with E-state index >= 15 is 0 Å². The fourth-order valence-corrected chi connectivity index (χ4v) is 3.40. The summed E-state index contributed by atoms with van der Waals surface area (Å²) in [5, 5.41) is 2.89. The first-order chi connectivity index (χ1) is 13.9. The fourth-order valence-electron chi connectivity index (χ4n) is 3.40. The van der Waals surface area contributed by atoms with Gasteiger partial charge in [0.2, 0.25) is 5.91 Å². The molecular weight excluding hydrogens is 378 g/mol. The molecule has 1 aliphatic rings. The van der Waals surface area contributed by atoms with Crippen LogP contribution in [0.1, 0.15) is 25.3 Å². The molecule has 0 bridgehead atoms. The average Bonchev–Trinajstić information content (AvgIpc) is 2.72. The van der Waals surface area contributed by atoms with E-state index in [0.717, 1.165) is 5.56 Å². The number of piperidine rings is 1. The second-order valence-electron chi connectivity index (χ2n) is 7.53. The van der Waals surface area contributed by atoms with Gasteiger partial charge >= 0.3 is 0 Å². The maximum absolute atomic E-state index is 13.0. The molecule has 5 nitrogen and oxygen atoms in total. The molecule has 0 radical (unpaired) electrons. The molecule has 3 rings (SSSR count). The molecule has 1 heterocycles. The van der Waals surface area contributed by atoms with Gasteiger partial charge in [0.1, 0.15) is 17.4 Å². The Labute approximate surface area is 168 Å². The van der Waals surface area contributed by atoms with E-state index in [1.165, 1.54) is 36.4 Å². The second-order valence-corrected chi connectivity index (χ2v) is 7.53. The lowest BCUT2D eigenvalue weighted by Gasteiger charge is -2.39. The van der Waals surface area contributed by atoms with Crippen LogP contribution in [0.25, 0.3) is 0 Å². The van der Waals surface area contributed by atoms with Crippen molar-refractivity contribution in [3.63, 3.8) is 0 Å². The van der Waals surface area contributed by atoms with Crippen molar-refractivity contribution in [2.24, 2.45) is 5.41 Å². The highest BCUT2D eigenvalue weighted by atomic mass is 19.1. The molecule has 0 aromatic heterocycles. The number of ether oxygens (including phenoxy) is 1. The summed E-state index contributed by atoms with van der Waals surface area (Å²) in [5.41, 5.74) is 0.101. The van der Waals surface area contributed by atoms with Crippen molar-refractivity contribution in [3.05, 3.63) is 65.7 Å². The summed E-state index contributed by atoms with van der Waals surface area (Å²) in [6, 6.07) is 11.4. The van der Waals surface area contributed by atoms with E-state index in [9.17, 15) is 18.4 Å². The van der Waals surface area contributed by atoms with Gasteiger partial charge in [-0.05, 0) is 61.7 Å². The number of halogens is 2. The van der Waals surface area contributed by atoms with Gasteiger partial charge in [0, 0.05) is 19.6 Å². The highest BCUT2D eigenvalue weighted by Gasteiger charge is 2.39. The Bertz CT molecular complexity index is 855. The third kappa shape index (κ3) is 5.53. The number of carbonyl (C=O) groups is 2. The van der Waals surface area contributed by atoms with E-state index in [4.69, 9.17) is 4.74 Å². The maximum Gasteiger partial charge on any atom is 0.260 e. The summed E-state index contributed by atoms with van der Waals surface area (Å²) in [5.74, 6) is -0.639. The molecule has 0 aliphatic carbocycles. The van der Waals surface area contributed by atoms with Crippen LogP contribution in [0.2, 0.25) is 0 Å². The lowest BCUT2D eigenvalue weighted by atomic mass is 9.81. The molecule has 1 unspecified atom stereocenters. The third-order valence-electron chi connectivity index (χ3n) is 5.14. The number of hydrogen-bond acceptors (Lipinski definition) is 3. The number of amides is 2. The van der Waals surface area contributed by atoms with E-state index < -0.39 is 5.41 Å². The number of hydrogen-bond donors (Lipinski definition) is 1. The number of benzene rings is 2. The molecule has 2 amide bonds. The first-order valence-electron chi connectivity index (χ1n) is 9.55. The minimum absolute atomic E-state index is 0.140. The standard InChI is InChI=1S/C22H24F2N2O3/c1-22(21(28)25-13-16-3-5-17(23)6-4-16)11-2-12-26(15-22)20(27)14-29-19-9-7-18(24)8-10-19/h3-10H,2,11-15H2,1H3,(H,25,28). The Morgan fingerprint density at radius 2 is 1.69 bits per heavy atom. The van der Waals surface area contributed by atoms with Gasteiger partial charge < -0.3 is 15.0 Å². The molecule has 1 saturated heterocycles. The van der Waals surface area contributed by atoms with Crippen molar-refractivity contribution in [3.8, 4) is 5.75 Å². The molecular formula is C22H24F2N2O3. The quantitative estimate of drug-likeness (QED) is 0.807. The summed E-state index contributed by atoms with van der Waals surface area (Å²) in [7, 11) is 0. The Morgan fingerprint density at radius 3 is 2.34 bits per heavy atom. The van der Waals surface area contributed by atoms with Gasteiger partial charge in [0.05, 0.1) is 5.41 Å². The largest absolute Gasteiger partial charge is 0.484 e. The summed E-state index contributed by atoms with van der Waals surface area (Å²) in [6.45, 7) is 2.84. The highest BCUT2D eigenvalue weighted by Crippen LogP contribution is 2.30. The lowest BCUT2D eigenvalue weighted by molar-refractivity contribution is -0.142. The monoisotopic (exact) mass is 402 g/mol. The van der Waals surface area contributed by atoms with Gasteiger partial charge in [0.15, 0.2) is 6.61 Å². The van der Waals surface area contributed by atoms with Crippen molar-refractivity contribution < 1.29 is 23.1 Å². The van der Waals surface area contributed by atoms with Crippen LogP contribution in [0.3, 0.4) is 0 Å². The fraction of sp³-hybridized carbons (Fsp3) is 0.364. The van der Waals surface area contributed by atoms with E-state index in [-0.39, 0.29) is 30.1 Å². The maximum atomic E-state index is 13.0. The number of nitrogens with one attached hydrogen (secondary N) is 1. The topological polar surface area (TPSA) is 58.6 Å². The van der Waals surface area contributed by atoms with Gasteiger partial charge in [-0.15, -0.1) is 0 Å². The van der Waals surface area contributed by atoms with Crippen molar-refractivity contribution in [1.82, 2.24) is 10.2 Å². The molecule has 1 fully saturated rings. The van der Waals surface area contributed by atoms with Crippen molar-refractivity contribution in [1.29, 1.82) is 0 Å². The van der Waals surface area contributed by atoms with E-state index in [1.807, 2.05) is 6.92 Å². The molecule has 1 aliphatic heterocycles. The van der Waals surface area contributed by atoms with Gasteiger partial charge in [-0.25, -0.2) is 8.78 Å². The smallest absolute Gasteiger partial charge is 0.260 e. The average molecular weight is 402 g/mol. The van der Waals surface area contributed by atoms with Gasteiger partial charge in [-0.1, -0.05) is 12.1 Å². The summed E-state index contributed by atoms with van der Waals surface area (Å²) in [6.07, 6.45) is 1.38. The zero-order valence-electron chi connectivity index (χ0n) is 16.3. The zero-order valence-corrected chi connectivity index (χ0v) is 16.3. The highest BCUT2D eigenvalue weighted by molar-refractivity contribution is 5.84. The number of carbonyl (C=O) groups excluding carboxylic acids is 2. The van der Waals surface area contributed by atoms with Crippen LogP contribution in [-0.2, 0) is 16.1 Å². The first-order valence-corrected chi connectivity index (χ1v) is 9.55. The summed E-state index contributed by atoms with van der Waals surface area (Å²) >= 11 is 0. The molecule has 29 heavy (non-hydrogen) atoms. The van der Waals surface area contributed by atoms with Crippen molar-refractivity contribution in [2.75, 3.05) is 19.7 Å². The minimum Gasteiger partial charge on any atom is -0.484 e. The van der Waals surface area contributed by atoms with E-state index in [1.54, 1.807) is 17.0 Å². The predicted molar refractivity (Wildman–Crippen MR) is 104 cm³/mol. The van der Waals surface area contributed by atoms with Gasteiger partial charge in [-0.3, -0.25) is 9.59 Å².